The van der Waals surface area contributed by atoms with E-state index in [1.807, 2.05) is 0 Å². The van der Waals surface area contributed by atoms with Gasteiger partial charge in [0.2, 0.25) is 0 Å². The summed E-state index contributed by atoms with van der Waals surface area (Å²) < 4.78 is 42.8. The lowest BCUT2D eigenvalue weighted by atomic mass is 9.93. The fourth-order valence-corrected chi connectivity index (χ4v) is 2.93. The van der Waals surface area contributed by atoms with Gasteiger partial charge >= 0.3 is 7.82 Å². The Morgan fingerprint density at radius 2 is 1.95 bits per heavy atom. The molecule has 21 heavy (non-hydrogen) atoms. The zero-order chi connectivity index (χ0) is 15.9. The first-order valence-electron chi connectivity index (χ1n) is 6.44. The van der Waals surface area contributed by atoms with E-state index in [1.54, 1.807) is 15.0 Å². The number of aliphatic hydroxyl groups excluding tert-OH is 1. The Hall–Kier alpha value is -0.0251. The number of hydrogen-bond acceptors (Lipinski definition) is 9. The van der Waals surface area contributed by atoms with Crippen molar-refractivity contribution >= 4 is 15.7 Å². The summed E-state index contributed by atoms with van der Waals surface area (Å²) in [4.78, 5) is 4.36. The van der Waals surface area contributed by atoms with Gasteiger partial charge in [-0.3, -0.25) is 9.05 Å². The lowest BCUT2D eigenvalue weighted by Gasteiger charge is -2.25. The fraction of sp³-hybridized carbons (Fsp3) is 1.00. The third-order valence-electron chi connectivity index (χ3n) is 2.96. The van der Waals surface area contributed by atoms with E-state index in [0.29, 0.717) is 13.2 Å². The highest BCUT2D eigenvalue weighted by Gasteiger charge is 2.48. The van der Waals surface area contributed by atoms with Crippen LogP contribution in [0.15, 0.2) is 0 Å². The maximum Gasteiger partial charge on any atom is 0.502 e. The Morgan fingerprint density at radius 1 is 1.24 bits per heavy atom. The molecule has 1 N–H and O–H groups in total. The summed E-state index contributed by atoms with van der Waals surface area (Å²) in [5.74, 6) is 0. The van der Waals surface area contributed by atoms with Crippen LogP contribution in [0, 0.1) is 0 Å². The number of ether oxygens (including phenoxy) is 3. The number of methoxy groups -OCH3 is 1. The van der Waals surface area contributed by atoms with Crippen molar-refractivity contribution in [2.45, 2.75) is 24.3 Å². The van der Waals surface area contributed by atoms with Gasteiger partial charge in [-0.2, -0.15) is 0 Å². The minimum absolute atomic E-state index is 0.301. The minimum Gasteiger partial charge on any atom is -0.394 e. The van der Waals surface area contributed by atoms with Crippen LogP contribution in [0.5, 0.6) is 0 Å². The van der Waals surface area contributed by atoms with Crippen molar-refractivity contribution in [3.8, 4) is 0 Å². The zero-order valence-corrected chi connectivity index (χ0v) is 13.5. The molecule has 0 aromatic heterocycles. The molecular formula is C10H22BO9P. The molecule has 0 radical (unpaired) electrons. The summed E-state index contributed by atoms with van der Waals surface area (Å²) in [6.07, 6.45) is -2.10. The highest BCUT2D eigenvalue weighted by atomic mass is 31.2. The second-order valence-electron chi connectivity index (χ2n) is 4.33. The van der Waals surface area contributed by atoms with Gasteiger partial charge in [0.05, 0.1) is 32.9 Å². The quantitative estimate of drug-likeness (QED) is 0.179. The van der Waals surface area contributed by atoms with Crippen molar-refractivity contribution in [1.82, 2.24) is 0 Å². The number of phosphoric acid groups is 1. The largest absolute Gasteiger partial charge is 0.502 e. The summed E-state index contributed by atoms with van der Waals surface area (Å²) in [6.45, 7) is 0.362. The van der Waals surface area contributed by atoms with Crippen LogP contribution in [0.25, 0.3) is 0 Å². The Balaban J connectivity index is 2.77. The van der Waals surface area contributed by atoms with E-state index in [9.17, 15) is 9.67 Å². The molecule has 0 aromatic rings. The molecule has 0 spiro atoms. The third kappa shape index (κ3) is 5.28. The van der Waals surface area contributed by atoms with Crippen LogP contribution in [0.3, 0.4) is 0 Å². The van der Waals surface area contributed by atoms with E-state index in [4.69, 9.17) is 23.3 Å². The summed E-state index contributed by atoms with van der Waals surface area (Å²) in [7, 11) is 1.72. The molecule has 0 aliphatic carbocycles. The van der Waals surface area contributed by atoms with Crippen molar-refractivity contribution in [3.05, 3.63) is 0 Å². The van der Waals surface area contributed by atoms with Crippen LogP contribution < -0.4 is 0 Å². The van der Waals surface area contributed by atoms with Gasteiger partial charge < -0.3 is 19.3 Å². The van der Waals surface area contributed by atoms with Gasteiger partial charge in [-0.25, -0.2) is 9.45 Å². The van der Waals surface area contributed by atoms with E-state index in [0.717, 1.165) is 7.11 Å². The molecule has 1 aliphatic rings. The van der Waals surface area contributed by atoms with E-state index in [2.05, 4.69) is 9.56 Å². The van der Waals surface area contributed by atoms with Gasteiger partial charge in [0.25, 0.3) is 0 Å². The van der Waals surface area contributed by atoms with Crippen molar-refractivity contribution in [2.75, 3.05) is 41.2 Å². The van der Waals surface area contributed by atoms with Crippen molar-refractivity contribution in [3.63, 3.8) is 0 Å². The predicted octanol–water partition coefficient (Wildman–Crippen LogP) is -0.914. The van der Waals surface area contributed by atoms with Crippen LogP contribution in [0.2, 0.25) is 0 Å². The normalized spacial score (nSPS) is 32.2. The molecule has 1 saturated heterocycles. The standard InChI is InChI=1S/C10H22BO9P/c1-14-4-5-17-9-8(7(6-12)18-10(9)11)19-21(13,16-3)20-15-2/h7-10,12H,4-6,11H2,1-3H3/t7?,8-,9?,10+,21?/m0/s1. The molecule has 0 aromatic carbocycles. The number of hydrogen-bond donors (Lipinski definition) is 1. The average Bonchev–Trinajstić information content (AvgIpc) is 2.76. The van der Waals surface area contributed by atoms with Crippen LogP contribution in [0.1, 0.15) is 0 Å². The Kier molecular flexibility index (Phi) is 8.32. The highest BCUT2D eigenvalue weighted by Crippen LogP contribution is 2.51. The average molecular weight is 328 g/mol. The van der Waals surface area contributed by atoms with Crippen molar-refractivity contribution < 1.29 is 42.5 Å². The SMILES string of the molecule is B[C@@H]1OC(CO)[C@H](OP(=O)(OC)OOC)C1OCCOC. The van der Waals surface area contributed by atoms with Gasteiger partial charge in [-0.05, 0) is 0 Å². The van der Waals surface area contributed by atoms with Crippen LogP contribution in [0.4, 0.5) is 0 Å². The van der Waals surface area contributed by atoms with Crippen LogP contribution in [-0.2, 0) is 37.4 Å². The summed E-state index contributed by atoms with van der Waals surface area (Å²) in [6, 6.07) is -0.364. The molecule has 1 fully saturated rings. The lowest BCUT2D eigenvalue weighted by Crippen LogP contribution is -2.39. The van der Waals surface area contributed by atoms with E-state index < -0.39 is 26.1 Å². The fourth-order valence-electron chi connectivity index (χ4n) is 2.01. The molecular weight excluding hydrogens is 306 g/mol. The molecule has 0 amide bonds. The molecule has 0 bridgehead atoms. The monoisotopic (exact) mass is 328 g/mol. The number of phosphoric ester groups is 1. The molecule has 11 heteroatoms. The first-order chi connectivity index (χ1) is 10.0. The van der Waals surface area contributed by atoms with Crippen LogP contribution >= 0.6 is 7.82 Å². The summed E-state index contributed by atoms with van der Waals surface area (Å²) >= 11 is 0. The van der Waals surface area contributed by atoms with Crippen molar-refractivity contribution in [1.29, 1.82) is 0 Å². The molecule has 5 atom stereocenters. The molecule has 1 heterocycles. The molecule has 0 saturated carbocycles. The Morgan fingerprint density at radius 3 is 2.48 bits per heavy atom. The van der Waals surface area contributed by atoms with E-state index in [1.165, 1.54) is 7.11 Å². The molecule has 1 rings (SSSR count). The molecule has 1 aliphatic heterocycles. The lowest BCUT2D eigenvalue weighted by molar-refractivity contribution is -0.205. The molecule has 3 unspecified atom stereocenters. The summed E-state index contributed by atoms with van der Waals surface area (Å²) in [5, 5.41) is 9.36. The first kappa shape index (κ1) is 19.0. The predicted molar refractivity (Wildman–Crippen MR) is 73.5 cm³/mol. The second-order valence-corrected chi connectivity index (χ2v) is 5.95. The van der Waals surface area contributed by atoms with Gasteiger partial charge in [0.15, 0.2) is 0 Å². The van der Waals surface area contributed by atoms with E-state index in [-0.39, 0.29) is 12.6 Å². The van der Waals surface area contributed by atoms with Crippen molar-refractivity contribution in [2.24, 2.45) is 0 Å². The zero-order valence-electron chi connectivity index (χ0n) is 12.6. The smallest absolute Gasteiger partial charge is 0.394 e. The molecule has 9 nitrogen and oxygen atoms in total. The van der Waals surface area contributed by atoms with Gasteiger partial charge in [-0.15, -0.1) is 4.67 Å². The second kappa shape index (κ2) is 9.19. The van der Waals surface area contributed by atoms with Crippen LogP contribution in [-0.4, -0.2) is 78.4 Å². The molecule has 124 valence electrons. The maximum absolute atomic E-state index is 12.2. The minimum atomic E-state index is -3.93. The topological polar surface area (TPSA) is 102 Å². The first-order valence-corrected chi connectivity index (χ1v) is 7.90. The highest BCUT2D eigenvalue weighted by molar-refractivity contribution is 7.48. The maximum atomic E-state index is 12.2. The van der Waals surface area contributed by atoms with Gasteiger partial charge in [0.1, 0.15) is 26.2 Å². The number of rotatable bonds is 10. The van der Waals surface area contributed by atoms with E-state index >= 15 is 0 Å². The summed E-state index contributed by atoms with van der Waals surface area (Å²) in [5.41, 5.74) is 0. The van der Waals surface area contributed by atoms with Gasteiger partial charge in [-0.1, -0.05) is 0 Å². The van der Waals surface area contributed by atoms with Gasteiger partial charge in [0, 0.05) is 14.2 Å². The Labute approximate surface area is 124 Å². The Bertz CT molecular complexity index is 344. The third-order valence-corrected chi connectivity index (χ3v) is 4.24. The number of aliphatic hydroxyl groups is 1.